The summed E-state index contributed by atoms with van der Waals surface area (Å²) in [7, 11) is 0. The first-order valence-corrected chi connectivity index (χ1v) is 12.7. The van der Waals surface area contributed by atoms with Crippen LogP contribution in [0.15, 0.2) is 156 Å². The molecule has 0 spiro atoms. The average Bonchev–Trinajstić information content (AvgIpc) is 3.53. The maximum Gasteiger partial charge on any atom is 0.143 e. The molecule has 0 unspecified atom stereocenters. The van der Waals surface area contributed by atoms with Gasteiger partial charge in [-0.15, -0.1) is 0 Å². The molecule has 8 aromatic rings. The molecule has 2 heteroatoms. The highest BCUT2D eigenvalue weighted by Gasteiger charge is 2.21. The number of hydrogen-bond donors (Lipinski definition) is 0. The summed E-state index contributed by atoms with van der Waals surface area (Å²) in [6.45, 7) is 0. The van der Waals surface area contributed by atoms with Crippen molar-refractivity contribution in [2.45, 2.75) is 0 Å². The van der Waals surface area contributed by atoms with Crippen molar-refractivity contribution in [3.05, 3.63) is 151 Å². The third-order valence-corrected chi connectivity index (χ3v) is 7.02. The average molecular weight is 523 g/mol. The third kappa shape index (κ3) is 3.58. The van der Waals surface area contributed by atoms with E-state index in [1.54, 1.807) is 48.5 Å². The fourth-order valence-electron chi connectivity index (χ4n) is 5.24. The van der Waals surface area contributed by atoms with Crippen LogP contribution in [0.5, 0.6) is 0 Å². The first kappa shape index (κ1) is 14.2. The summed E-state index contributed by atoms with van der Waals surface area (Å²) in [6.07, 6.45) is 0. The minimum atomic E-state index is -0.632. The molecule has 7 aromatic carbocycles. The van der Waals surface area contributed by atoms with E-state index in [2.05, 4.69) is 0 Å². The second-order valence-electron chi connectivity index (χ2n) is 9.31. The van der Waals surface area contributed by atoms with Crippen LogP contribution >= 0.6 is 0 Å². The van der Waals surface area contributed by atoms with Crippen molar-refractivity contribution in [3.8, 4) is 11.1 Å². The quantitative estimate of drug-likeness (QED) is 0.228. The van der Waals surface area contributed by atoms with Crippen molar-refractivity contribution >= 4 is 60.5 Å². The second kappa shape index (κ2) is 9.14. The van der Waals surface area contributed by atoms with E-state index in [1.165, 1.54) is 4.90 Å². The van der Waals surface area contributed by atoms with E-state index in [0.717, 1.165) is 10.8 Å². The fourth-order valence-corrected chi connectivity index (χ4v) is 5.24. The minimum absolute atomic E-state index is 0.0350. The standard InChI is InChI=1S/C38H25NO/c1-2-11-26(12-3-1)29-16-8-17-30(25-29)39(34-20-9-15-27-13-4-6-18-31(27)34)35-21-10-22-36-37(35)33-24-23-28-14-5-7-19-32(28)38(33)40-36/h1-25H/i4D,6D,8D,9D,13D,15D,16D,17D,18D,20D,25D. The Bertz CT molecular complexity index is 2770. The van der Waals surface area contributed by atoms with Gasteiger partial charge in [0.15, 0.2) is 0 Å². The molecular weight excluding hydrogens is 486 g/mol. The Morgan fingerprint density at radius 2 is 1.35 bits per heavy atom. The molecule has 2 nitrogen and oxygen atoms in total. The summed E-state index contributed by atoms with van der Waals surface area (Å²) in [5.74, 6) is 0. The first-order valence-electron chi connectivity index (χ1n) is 18.2. The van der Waals surface area contributed by atoms with E-state index in [9.17, 15) is 4.11 Å². The van der Waals surface area contributed by atoms with Crippen LogP contribution in [0.2, 0.25) is 0 Å². The Hall–Kier alpha value is -5.34. The Morgan fingerprint density at radius 3 is 2.30 bits per heavy atom. The number of rotatable bonds is 4. The van der Waals surface area contributed by atoms with E-state index in [4.69, 9.17) is 15.4 Å². The minimum Gasteiger partial charge on any atom is -0.455 e. The lowest BCUT2D eigenvalue weighted by atomic mass is 10.0. The van der Waals surface area contributed by atoms with Gasteiger partial charge in [-0.05, 0) is 58.2 Å². The summed E-state index contributed by atoms with van der Waals surface area (Å²) in [5.41, 5.74) is 1.11. The molecule has 0 N–H and O–H groups in total. The molecule has 0 aliphatic carbocycles. The lowest BCUT2D eigenvalue weighted by Crippen LogP contribution is -2.11. The van der Waals surface area contributed by atoms with Gasteiger partial charge in [0.2, 0.25) is 0 Å². The second-order valence-corrected chi connectivity index (χ2v) is 9.31. The number of nitrogens with zero attached hydrogens (tertiary/aromatic N) is 1. The summed E-state index contributed by atoms with van der Waals surface area (Å²) in [4.78, 5) is 1.31. The zero-order chi connectivity index (χ0) is 36.0. The van der Waals surface area contributed by atoms with Crippen molar-refractivity contribution in [1.29, 1.82) is 0 Å². The smallest absolute Gasteiger partial charge is 0.143 e. The van der Waals surface area contributed by atoms with Gasteiger partial charge in [0, 0.05) is 21.8 Å². The van der Waals surface area contributed by atoms with Gasteiger partial charge in [-0.3, -0.25) is 0 Å². The number of fused-ring (bicyclic) bond motifs is 6. The molecular formula is C38H25NO. The maximum atomic E-state index is 9.60. The zero-order valence-corrected chi connectivity index (χ0v) is 20.9. The molecule has 0 bridgehead atoms. The van der Waals surface area contributed by atoms with Gasteiger partial charge in [0.1, 0.15) is 11.2 Å². The number of benzene rings is 7. The molecule has 1 heterocycles. The number of anilines is 3. The molecule has 0 aliphatic heterocycles. The van der Waals surface area contributed by atoms with Gasteiger partial charge in [0.05, 0.1) is 31.8 Å². The van der Waals surface area contributed by atoms with Crippen molar-refractivity contribution in [2.75, 3.05) is 4.90 Å². The highest BCUT2D eigenvalue weighted by atomic mass is 16.3. The van der Waals surface area contributed by atoms with Gasteiger partial charge in [-0.1, -0.05) is 115 Å². The molecule has 188 valence electrons. The Kier molecular flexibility index (Phi) is 3.24. The normalized spacial score (nSPS) is 15.3. The van der Waals surface area contributed by atoms with Crippen LogP contribution in [-0.4, -0.2) is 0 Å². The van der Waals surface area contributed by atoms with Crippen LogP contribution < -0.4 is 4.90 Å². The van der Waals surface area contributed by atoms with Gasteiger partial charge >= 0.3 is 0 Å². The number of furan rings is 1. The summed E-state index contributed by atoms with van der Waals surface area (Å²) in [6, 6.07) is 19.1. The molecule has 40 heavy (non-hydrogen) atoms. The van der Waals surface area contributed by atoms with E-state index >= 15 is 0 Å². The zero-order valence-electron chi connectivity index (χ0n) is 31.9. The highest BCUT2D eigenvalue weighted by molar-refractivity contribution is 6.20. The molecule has 0 saturated carbocycles. The van der Waals surface area contributed by atoms with Crippen LogP contribution in [-0.2, 0) is 0 Å². The number of hydrogen-bond acceptors (Lipinski definition) is 2. The Labute approximate surface area is 247 Å². The fraction of sp³-hybridized carbons (Fsp3) is 0. The molecule has 0 radical (unpaired) electrons. The van der Waals surface area contributed by atoms with Crippen LogP contribution in [0.1, 0.15) is 15.1 Å². The van der Waals surface area contributed by atoms with Crippen LogP contribution in [0.3, 0.4) is 0 Å². The first-order chi connectivity index (χ1) is 24.4. The van der Waals surface area contributed by atoms with E-state index in [-0.39, 0.29) is 45.5 Å². The van der Waals surface area contributed by atoms with E-state index < -0.39 is 54.4 Å². The topological polar surface area (TPSA) is 16.4 Å². The van der Waals surface area contributed by atoms with Crippen LogP contribution in [0.25, 0.3) is 54.6 Å². The van der Waals surface area contributed by atoms with Gasteiger partial charge in [-0.25, -0.2) is 0 Å². The van der Waals surface area contributed by atoms with Crippen LogP contribution in [0, 0.1) is 0 Å². The van der Waals surface area contributed by atoms with Gasteiger partial charge in [0.25, 0.3) is 0 Å². The summed E-state index contributed by atoms with van der Waals surface area (Å²) >= 11 is 0. The lowest BCUT2D eigenvalue weighted by molar-refractivity contribution is 0.672. The maximum absolute atomic E-state index is 9.60. The molecule has 0 saturated heterocycles. The molecule has 8 rings (SSSR count). The van der Waals surface area contributed by atoms with Crippen molar-refractivity contribution < 1.29 is 19.5 Å². The summed E-state index contributed by atoms with van der Waals surface area (Å²) < 4.78 is 105. The van der Waals surface area contributed by atoms with Crippen molar-refractivity contribution in [3.63, 3.8) is 0 Å². The highest BCUT2D eigenvalue weighted by Crippen LogP contribution is 2.46. The molecule has 0 atom stereocenters. The molecule has 0 aliphatic rings. The van der Waals surface area contributed by atoms with E-state index in [0.29, 0.717) is 27.5 Å². The van der Waals surface area contributed by atoms with Crippen molar-refractivity contribution in [1.82, 2.24) is 0 Å². The Balaban J connectivity index is 1.63. The lowest BCUT2D eigenvalue weighted by Gasteiger charge is -2.28. The SMILES string of the molecule is [2H]c1c([2H])c(-c2ccccc2)c([2H])c(N(c2c([2H])c([2H])c([2H])c3c([2H])c([2H])c([2H])c([2H])c23)c2cccc3oc4c5ccccc5ccc4c23)c1[2H]. The van der Waals surface area contributed by atoms with E-state index in [1.807, 2.05) is 36.4 Å². The largest absolute Gasteiger partial charge is 0.455 e. The van der Waals surface area contributed by atoms with Gasteiger partial charge in [-0.2, -0.15) is 0 Å². The predicted octanol–water partition coefficient (Wildman–Crippen LogP) is 11.0. The Morgan fingerprint density at radius 1 is 0.525 bits per heavy atom. The molecule has 0 amide bonds. The van der Waals surface area contributed by atoms with Crippen LogP contribution in [0.4, 0.5) is 17.1 Å². The predicted molar refractivity (Wildman–Crippen MR) is 169 cm³/mol. The van der Waals surface area contributed by atoms with Crippen molar-refractivity contribution in [2.24, 2.45) is 0 Å². The van der Waals surface area contributed by atoms with Gasteiger partial charge < -0.3 is 9.32 Å². The third-order valence-electron chi connectivity index (χ3n) is 7.02. The summed E-state index contributed by atoms with van der Waals surface area (Å²) in [5, 5.41) is 2.29. The molecule has 0 fully saturated rings. The monoisotopic (exact) mass is 522 g/mol. The molecule has 1 aromatic heterocycles.